The molecule has 0 heterocycles. The van der Waals surface area contributed by atoms with Crippen LogP contribution in [0.2, 0.25) is 5.02 Å². The van der Waals surface area contributed by atoms with E-state index < -0.39 is 17.5 Å². The molecule has 0 saturated carbocycles. The largest absolute Gasteiger partial charge is 0.206 e. The molecule has 1 aliphatic rings. The summed E-state index contributed by atoms with van der Waals surface area (Å²) < 4.78 is 42.7. The molecule has 0 spiro atoms. The number of fused-ring (bicyclic) bond motifs is 1. The summed E-state index contributed by atoms with van der Waals surface area (Å²) >= 11 is 5.62. The summed E-state index contributed by atoms with van der Waals surface area (Å²) in [7, 11) is 0. The lowest BCUT2D eigenvalue weighted by atomic mass is 9.80. The maximum Gasteiger partial charge on any atom is 0.145 e. The highest BCUT2D eigenvalue weighted by atomic mass is 35.5. The monoisotopic (exact) mass is 374 g/mol. The van der Waals surface area contributed by atoms with Gasteiger partial charge in [0, 0.05) is 5.56 Å². The number of hydrogen-bond donors (Lipinski definition) is 0. The molecule has 0 radical (unpaired) electrons. The predicted molar refractivity (Wildman–Crippen MR) is 98.7 cm³/mol. The molecular formula is C22H18ClF3. The average Bonchev–Trinajstić information content (AvgIpc) is 2.62. The Hall–Kier alpha value is -2.18. The van der Waals surface area contributed by atoms with Crippen molar-refractivity contribution in [3.63, 3.8) is 0 Å². The number of benzene rings is 2. The molecular weight excluding hydrogens is 357 g/mol. The third-order valence-electron chi connectivity index (χ3n) is 4.75. The standard InChI is InChI=1S/C22H18ClF3/c1-2-3-4-14-5-8-17-16(11-14)13-20(24)18(22(17)26)9-6-15-7-10-19(23)21(25)12-15/h2,7,10,12-14H,1,3-5,8,11H2. The Balaban J connectivity index is 1.90. The van der Waals surface area contributed by atoms with Crippen LogP contribution in [0.5, 0.6) is 0 Å². The summed E-state index contributed by atoms with van der Waals surface area (Å²) in [6.45, 7) is 3.72. The first-order valence-corrected chi connectivity index (χ1v) is 8.95. The van der Waals surface area contributed by atoms with Gasteiger partial charge >= 0.3 is 0 Å². The van der Waals surface area contributed by atoms with Crippen LogP contribution in [0.25, 0.3) is 0 Å². The molecule has 0 aromatic heterocycles. The van der Waals surface area contributed by atoms with Gasteiger partial charge in [0.1, 0.15) is 17.5 Å². The minimum absolute atomic E-state index is 0.0206. The molecule has 0 bridgehead atoms. The van der Waals surface area contributed by atoms with Gasteiger partial charge in [-0.1, -0.05) is 29.5 Å². The van der Waals surface area contributed by atoms with Crippen LogP contribution in [0, 0.1) is 35.2 Å². The van der Waals surface area contributed by atoms with Crippen molar-refractivity contribution in [1.82, 2.24) is 0 Å². The van der Waals surface area contributed by atoms with E-state index in [-0.39, 0.29) is 10.6 Å². The van der Waals surface area contributed by atoms with Gasteiger partial charge < -0.3 is 0 Å². The van der Waals surface area contributed by atoms with Gasteiger partial charge in [0.05, 0.1) is 10.6 Å². The maximum atomic E-state index is 14.8. The van der Waals surface area contributed by atoms with E-state index in [1.54, 1.807) is 0 Å². The molecule has 134 valence electrons. The molecule has 0 aliphatic heterocycles. The van der Waals surface area contributed by atoms with Crippen LogP contribution in [0.3, 0.4) is 0 Å². The Morgan fingerprint density at radius 3 is 2.69 bits per heavy atom. The van der Waals surface area contributed by atoms with E-state index in [1.807, 2.05) is 6.08 Å². The van der Waals surface area contributed by atoms with Crippen molar-refractivity contribution in [1.29, 1.82) is 0 Å². The highest BCUT2D eigenvalue weighted by molar-refractivity contribution is 6.30. The highest BCUT2D eigenvalue weighted by Crippen LogP contribution is 2.32. The highest BCUT2D eigenvalue weighted by Gasteiger charge is 2.24. The third-order valence-corrected chi connectivity index (χ3v) is 5.06. The third kappa shape index (κ3) is 3.97. The van der Waals surface area contributed by atoms with E-state index in [2.05, 4.69) is 18.4 Å². The van der Waals surface area contributed by atoms with Gasteiger partial charge in [0.15, 0.2) is 0 Å². The van der Waals surface area contributed by atoms with Crippen molar-refractivity contribution in [2.24, 2.45) is 5.92 Å². The fourth-order valence-electron chi connectivity index (χ4n) is 3.35. The Bertz CT molecular complexity index is 906. The molecule has 1 unspecified atom stereocenters. The Morgan fingerprint density at radius 2 is 1.96 bits per heavy atom. The smallest absolute Gasteiger partial charge is 0.145 e. The first kappa shape index (κ1) is 18.6. The molecule has 0 fully saturated rings. The minimum atomic E-state index is -0.674. The molecule has 0 nitrogen and oxygen atoms in total. The molecule has 0 N–H and O–H groups in total. The Kier molecular flexibility index (Phi) is 5.74. The topological polar surface area (TPSA) is 0 Å². The first-order valence-electron chi connectivity index (χ1n) is 8.57. The zero-order valence-corrected chi connectivity index (χ0v) is 15.0. The van der Waals surface area contributed by atoms with E-state index in [9.17, 15) is 13.2 Å². The van der Waals surface area contributed by atoms with Crippen molar-refractivity contribution in [2.45, 2.75) is 32.1 Å². The number of allylic oxidation sites excluding steroid dienone is 1. The molecule has 3 rings (SSSR count). The second-order valence-electron chi connectivity index (χ2n) is 6.54. The summed E-state index contributed by atoms with van der Waals surface area (Å²) in [6.07, 6.45) is 5.89. The van der Waals surface area contributed by atoms with Crippen LogP contribution in [-0.4, -0.2) is 0 Å². The zero-order chi connectivity index (χ0) is 18.7. The molecule has 1 aliphatic carbocycles. The zero-order valence-electron chi connectivity index (χ0n) is 14.2. The van der Waals surface area contributed by atoms with Crippen molar-refractivity contribution in [2.75, 3.05) is 0 Å². The lowest BCUT2D eigenvalue weighted by Gasteiger charge is -2.25. The molecule has 0 amide bonds. The van der Waals surface area contributed by atoms with Crippen LogP contribution in [-0.2, 0) is 12.8 Å². The van der Waals surface area contributed by atoms with E-state index in [1.165, 1.54) is 18.2 Å². The van der Waals surface area contributed by atoms with Crippen LogP contribution in [0.15, 0.2) is 36.9 Å². The quantitative estimate of drug-likeness (QED) is 0.441. The second kappa shape index (κ2) is 8.01. The van der Waals surface area contributed by atoms with Gasteiger partial charge in [0.25, 0.3) is 0 Å². The molecule has 1 atom stereocenters. The van der Waals surface area contributed by atoms with E-state index in [4.69, 9.17) is 11.6 Å². The summed E-state index contributed by atoms with van der Waals surface area (Å²) in [4.78, 5) is 0. The van der Waals surface area contributed by atoms with Crippen LogP contribution >= 0.6 is 11.6 Å². The van der Waals surface area contributed by atoms with Gasteiger partial charge in [-0.25, -0.2) is 13.2 Å². The van der Waals surface area contributed by atoms with Gasteiger partial charge in [-0.2, -0.15) is 0 Å². The molecule has 4 heteroatoms. The van der Waals surface area contributed by atoms with Crippen molar-refractivity contribution >= 4 is 11.6 Å². The Labute approximate surface area is 156 Å². The van der Waals surface area contributed by atoms with Crippen molar-refractivity contribution in [3.8, 4) is 11.8 Å². The van der Waals surface area contributed by atoms with Crippen molar-refractivity contribution in [3.05, 3.63) is 81.6 Å². The van der Waals surface area contributed by atoms with Crippen molar-refractivity contribution < 1.29 is 13.2 Å². The summed E-state index contributed by atoms with van der Waals surface area (Å²) in [6, 6.07) is 5.42. The second-order valence-corrected chi connectivity index (χ2v) is 6.95. The predicted octanol–water partition coefficient (Wildman–Crippen LogP) is 6.23. The van der Waals surface area contributed by atoms with Gasteiger partial charge in [-0.05, 0) is 73.4 Å². The van der Waals surface area contributed by atoms with Gasteiger partial charge in [-0.15, -0.1) is 6.58 Å². The van der Waals surface area contributed by atoms with Crippen LogP contribution < -0.4 is 0 Å². The maximum absolute atomic E-state index is 14.8. The average molecular weight is 375 g/mol. The molecule has 2 aromatic carbocycles. The van der Waals surface area contributed by atoms with Gasteiger partial charge in [0.2, 0.25) is 0 Å². The molecule has 0 saturated heterocycles. The van der Waals surface area contributed by atoms with E-state index in [0.29, 0.717) is 29.9 Å². The van der Waals surface area contributed by atoms with Crippen LogP contribution in [0.1, 0.15) is 41.5 Å². The number of halogens is 4. The summed E-state index contributed by atoms with van der Waals surface area (Å²) in [5.41, 5.74) is 1.33. The summed E-state index contributed by atoms with van der Waals surface area (Å²) in [5.74, 6) is 3.67. The number of hydrogen-bond acceptors (Lipinski definition) is 0. The van der Waals surface area contributed by atoms with E-state index in [0.717, 1.165) is 30.9 Å². The summed E-state index contributed by atoms with van der Waals surface area (Å²) in [5, 5.41) is -0.0206. The van der Waals surface area contributed by atoms with Crippen LogP contribution in [0.4, 0.5) is 13.2 Å². The SMILES string of the molecule is C=CCCC1CCc2c(cc(F)c(C#Cc3ccc(Cl)c(F)c3)c2F)C1. The number of rotatable bonds is 3. The van der Waals surface area contributed by atoms with Gasteiger partial charge in [-0.3, -0.25) is 0 Å². The fraction of sp³-hybridized carbons (Fsp3) is 0.273. The normalized spacial score (nSPS) is 15.8. The fourth-order valence-corrected chi connectivity index (χ4v) is 3.46. The minimum Gasteiger partial charge on any atom is -0.206 e. The lowest BCUT2D eigenvalue weighted by molar-refractivity contribution is 0.418. The lowest BCUT2D eigenvalue weighted by Crippen LogP contribution is -2.17. The first-order chi connectivity index (χ1) is 12.5. The molecule has 26 heavy (non-hydrogen) atoms. The Morgan fingerprint density at radius 1 is 1.15 bits per heavy atom. The van der Waals surface area contributed by atoms with E-state index >= 15 is 0 Å². The molecule has 2 aromatic rings.